The van der Waals surface area contributed by atoms with Crippen LogP contribution in [-0.4, -0.2) is 22.1 Å². The van der Waals surface area contributed by atoms with Gasteiger partial charge in [-0.05, 0) is 28.5 Å². The first-order chi connectivity index (χ1) is 13.3. The Morgan fingerprint density at radius 1 is 1.25 bits per heavy atom. The Balaban J connectivity index is 1.74. The van der Waals surface area contributed by atoms with Crippen molar-refractivity contribution in [2.24, 2.45) is 0 Å². The Kier molecular flexibility index (Phi) is 4.17. The molecule has 3 N–H and O–H groups in total. The Morgan fingerprint density at radius 3 is 2.75 bits per heavy atom. The van der Waals surface area contributed by atoms with Gasteiger partial charge in [-0.1, -0.05) is 35.9 Å². The van der Waals surface area contributed by atoms with Crippen molar-refractivity contribution in [2.75, 3.05) is 5.32 Å². The largest absolute Gasteiger partial charge is 0.438 e. The lowest BCUT2D eigenvalue weighted by molar-refractivity contribution is -0.672. The quantitative estimate of drug-likeness (QED) is 0.454. The number of fused-ring (bicyclic) bond motifs is 1. The van der Waals surface area contributed by atoms with Crippen LogP contribution in [0.2, 0.25) is 5.02 Å². The summed E-state index contributed by atoms with van der Waals surface area (Å²) in [5.41, 5.74) is -1.45. The molecule has 142 valence electrons. The second-order valence-electron chi connectivity index (χ2n) is 6.56. The maximum Gasteiger partial charge on any atom is 0.438 e. The predicted octanol–water partition coefficient (Wildman–Crippen LogP) is 1.62. The van der Waals surface area contributed by atoms with E-state index in [2.05, 4.69) is 10.6 Å². The number of halogens is 1. The Hall–Kier alpha value is -3.23. The molecule has 4 rings (SSSR count). The molecule has 0 fully saturated rings. The fourth-order valence-corrected chi connectivity index (χ4v) is 3.38. The number of Topliss-reactive ketones (excluding diaryl/α,β-unsaturated/α-hetero) is 1. The number of benzene rings is 2. The van der Waals surface area contributed by atoms with Crippen LogP contribution >= 0.6 is 11.6 Å². The van der Waals surface area contributed by atoms with Crippen LogP contribution in [0.15, 0.2) is 51.8 Å². The van der Waals surface area contributed by atoms with Gasteiger partial charge >= 0.3 is 11.3 Å². The maximum atomic E-state index is 12.9. The van der Waals surface area contributed by atoms with Crippen LogP contribution in [0.4, 0.5) is 5.69 Å². The van der Waals surface area contributed by atoms with Gasteiger partial charge in [0.2, 0.25) is 11.5 Å². The number of para-hydroxylation sites is 1. The van der Waals surface area contributed by atoms with Crippen LogP contribution in [0.1, 0.15) is 28.0 Å². The second kappa shape index (κ2) is 6.43. The molecule has 2 aromatic carbocycles. The first kappa shape index (κ1) is 18.1. The highest BCUT2D eigenvalue weighted by Crippen LogP contribution is 2.38. The number of ketones is 1. The van der Waals surface area contributed by atoms with Crippen LogP contribution in [0.5, 0.6) is 0 Å². The number of rotatable bonds is 4. The molecule has 1 aliphatic rings. The molecule has 0 bridgehead atoms. The lowest BCUT2D eigenvalue weighted by atomic mass is 9.89. The Labute approximate surface area is 163 Å². The van der Waals surface area contributed by atoms with Gasteiger partial charge in [-0.15, -0.1) is 0 Å². The van der Waals surface area contributed by atoms with E-state index in [4.69, 9.17) is 16.1 Å². The molecule has 0 saturated heterocycles. The average molecular weight is 401 g/mol. The van der Waals surface area contributed by atoms with Crippen LogP contribution in [0.3, 0.4) is 0 Å². The minimum Gasteiger partial charge on any atom is -0.375 e. The van der Waals surface area contributed by atoms with Crippen molar-refractivity contribution in [2.45, 2.75) is 18.9 Å². The summed E-state index contributed by atoms with van der Waals surface area (Å²) in [6.07, 6.45) is -0.627. The Bertz CT molecular complexity index is 1180. The minimum atomic E-state index is -2.08. The van der Waals surface area contributed by atoms with E-state index in [1.165, 1.54) is 0 Å². The van der Waals surface area contributed by atoms with E-state index in [-0.39, 0.29) is 11.3 Å². The van der Waals surface area contributed by atoms with E-state index in [0.29, 0.717) is 16.4 Å². The number of aryl methyl sites for hydroxylation is 1. The molecule has 1 unspecified atom stereocenters. The standard InChI is InChI=1S/C19H14ClN3O5/c1-10-6-7-11(8-13(10)20)23-16(17(25)28-22-23)15(24)9-19(27)12-4-2-3-5-14(12)21-18(19)26/h2-8,27H,9H2,1H3,(H-,21,22,24,25,26)/p+1. The number of amides is 1. The van der Waals surface area contributed by atoms with Crippen LogP contribution in [-0.2, 0) is 10.4 Å². The number of hydrogen-bond donors (Lipinski definition) is 3. The molecule has 3 aromatic rings. The number of hydrogen-bond acceptors (Lipinski definition) is 5. The van der Waals surface area contributed by atoms with Crippen molar-refractivity contribution < 1.29 is 23.9 Å². The number of carbonyl (C=O) groups is 2. The number of aliphatic hydroxyl groups is 1. The summed E-state index contributed by atoms with van der Waals surface area (Å²) < 4.78 is 5.91. The van der Waals surface area contributed by atoms with E-state index in [0.717, 1.165) is 10.2 Å². The van der Waals surface area contributed by atoms with Crippen molar-refractivity contribution in [1.82, 2.24) is 5.27 Å². The van der Waals surface area contributed by atoms with Gasteiger partial charge in [-0.2, -0.15) is 0 Å². The van der Waals surface area contributed by atoms with Gasteiger partial charge < -0.3 is 10.4 Å². The first-order valence-corrected chi connectivity index (χ1v) is 8.75. The molecule has 1 aromatic heterocycles. The average Bonchev–Trinajstić information content (AvgIpc) is 3.16. The van der Waals surface area contributed by atoms with Gasteiger partial charge in [0.1, 0.15) is 0 Å². The van der Waals surface area contributed by atoms with Gasteiger partial charge in [0.25, 0.3) is 5.91 Å². The molecular formula is C19H15ClN3O5+. The molecule has 8 nitrogen and oxygen atoms in total. The summed E-state index contributed by atoms with van der Waals surface area (Å²) in [5.74, 6) is -1.49. The van der Waals surface area contributed by atoms with E-state index in [1.54, 1.807) is 42.5 Å². The molecule has 28 heavy (non-hydrogen) atoms. The number of aromatic nitrogens is 2. The van der Waals surface area contributed by atoms with Crippen LogP contribution < -0.4 is 15.6 Å². The van der Waals surface area contributed by atoms with Crippen molar-refractivity contribution in [3.8, 4) is 5.69 Å². The molecule has 0 aliphatic carbocycles. The number of carbonyl (C=O) groups excluding carboxylic acids is 2. The zero-order valence-corrected chi connectivity index (χ0v) is 15.4. The van der Waals surface area contributed by atoms with Gasteiger partial charge in [0, 0.05) is 23.4 Å². The van der Waals surface area contributed by atoms with Crippen molar-refractivity contribution in [3.63, 3.8) is 0 Å². The molecule has 0 spiro atoms. The number of aromatic amines is 1. The lowest BCUT2D eigenvalue weighted by Crippen LogP contribution is -2.44. The maximum absolute atomic E-state index is 12.9. The number of anilines is 1. The van der Waals surface area contributed by atoms with Crippen LogP contribution in [0.25, 0.3) is 5.69 Å². The lowest BCUT2D eigenvalue weighted by Gasteiger charge is -2.18. The van der Waals surface area contributed by atoms with Gasteiger partial charge in [0.15, 0.2) is 5.60 Å². The van der Waals surface area contributed by atoms with E-state index >= 15 is 0 Å². The van der Waals surface area contributed by atoms with Crippen molar-refractivity contribution in [1.29, 1.82) is 0 Å². The zero-order valence-electron chi connectivity index (χ0n) is 14.7. The highest BCUT2D eigenvalue weighted by molar-refractivity contribution is 6.31. The topological polar surface area (TPSA) is 116 Å². The summed E-state index contributed by atoms with van der Waals surface area (Å²) in [6, 6.07) is 11.4. The fraction of sp³-hybridized carbons (Fsp3) is 0.158. The summed E-state index contributed by atoms with van der Waals surface area (Å²) >= 11 is 6.12. The van der Waals surface area contributed by atoms with Crippen molar-refractivity contribution >= 4 is 29.0 Å². The second-order valence-corrected chi connectivity index (χ2v) is 6.97. The summed E-state index contributed by atoms with van der Waals surface area (Å²) in [7, 11) is 0. The fourth-order valence-electron chi connectivity index (χ4n) is 3.21. The summed E-state index contributed by atoms with van der Waals surface area (Å²) in [5, 5.41) is 16.2. The van der Waals surface area contributed by atoms with Gasteiger partial charge in [-0.3, -0.25) is 14.1 Å². The molecule has 0 saturated carbocycles. The Morgan fingerprint density at radius 2 is 2.00 bits per heavy atom. The highest BCUT2D eigenvalue weighted by atomic mass is 35.5. The normalized spacial score (nSPS) is 18.0. The summed E-state index contributed by atoms with van der Waals surface area (Å²) in [6.45, 7) is 1.81. The minimum absolute atomic E-state index is 0.276. The molecule has 9 heteroatoms. The van der Waals surface area contributed by atoms with Crippen LogP contribution in [0, 0.1) is 6.92 Å². The first-order valence-electron chi connectivity index (χ1n) is 8.38. The highest BCUT2D eigenvalue weighted by Gasteiger charge is 2.49. The van der Waals surface area contributed by atoms with Gasteiger partial charge in [0.05, 0.1) is 11.4 Å². The molecular weight excluding hydrogens is 386 g/mol. The molecule has 1 atom stereocenters. The number of nitrogens with one attached hydrogen (secondary N) is 2. The smallest absolute Gasteiger partial charge is 0.375 e. The van der Waals surface area contributed by atoms with Crippen molar-refractivity contribution in [3.05, 3.63) is 74.7 Å². The monoisotopic (exact) mass is 400 g/mol. The SMILES string of the molecule is Cc1ccc(-[n+]2[nH]oc(=O)c2C(=O)CC2(O)C(=O)Nc3ccccc32)cc1Cl. The third-order valence-corrected chi connectivity index (χ3v) is 5.14. The van der Waals surface area contributed by atoms with E-state index in [1.807, 2.05) is 6.92 Å². The number of H-pyrrole nitrogens is 1. The van der Waals surface area contributed by atoms with E-state index < -0.39 is 29.3 Å². The predicted molar refractivity (Wildman–Crippen MR) is 98.5 cm³/mol. The molecule has 1 amide bonds. The molecule has 1 aliphatic heterocycles. The number of nitrogens with zero attached hydrogens (tertiary/aromatic N) is 1. The molecule has 2 heterocycles. The summed E-state index contributed by atoms with van der Waals surface area (Å²) in [4.78, 5) is 37.4. The van der Waals surface area contributed by atoms with Gasteiger partial charge in [-0.25, -0.2) is 4.79 Å². The zero-order chi connectivity index (χ0) is 20.1. The molecule has 0 radical (unpaired) electrons. The third-order valence-electron chi connectivity index (χ3n) is 4.74. The van der Waals surface area contributed by atoms with E-state index in [9.17, 15) is 19.5 Å². The third kappa shape index (κ3) is 2.74.